The van der Waals surface area contributed by atoms with E-state index in [-0.39, 0.29) is 22.0 Å². The smallest absolute Gasteiger partial charge is 0.248 e. The van der Waals surface area contributed by atoms with E-state index < -0.39 is 21.7 Å². The van der Waals surface area contributed by atoms with Crippen LogP contribution in [-0.2, 0) is 14.8 Å². The molecule has 142 valence electrons. The van der Waals surface area contributed by atoms with E-state index in [0.717, 1.165) is 0 Å². The molecule has 1 saturated heterocycles. The van der Waals surface area contributed by atoms with Crippen molar-refractivity contribution in [2.75, 3.05) is 21.9 Å². The molecule has 0 aromatic heterocycles. The van der Waals surface area contributed by atoms with Gasteiger partial charge in [-0.2, -0.15) is 0 Å². The van der Waals surface area contributed by atoms with Crippen molar-refractivity contribution in [2.45, 2.75) is 6.42 Å². The molecule has 0 bridgehead atoms. The number of hydrogen-bond donors (Lipinski definition) is 1. The summed E-state index contributed by atoms with van der Waals surface area (Å²) in [7, 11) is -3.34. The van der Waals surface area contributed by atoms with Gasteiger partial charge in [-0.05, 0) is 48.9 Å². The van der Waals surface area contributed by atoms with Crippen LogP contribution in [0.4, 0.5) is 15.8 Å². The Labute approximate surface area is 170 Å². The first-order valence-corrected chi connectivity index (χ1v) is 10.8. The SMILES string of the molecule is O=C(C=Cc1cc(Br)ccc1F)Nc1cc(N2CCCS2(=O)=O)ccc1Cl. The molecule has 2 aromatic rings. The number of nitrogens with one attached hydrogen (secondary N) is 1. The number of amides is 1. The van der Waals surface area contributed by atoms with E-state index in [1.54, 1.807) is 18.2 Å². The predicted octanol–water partition coefficient (Wildman–Crippen LogP) is 4.43. The first-order valence-electron chi connectivity index (χ1n) is 8.00. The van der Waals surface area contributed by atoms with E-state index in [4.69, 9.17) is 11.6 Å². The average molecular weight is 474 g/mol. The first kappa shape index (κ1) is 19.9. The van der Waals surface area contributed by atoms with Gasteiger partial charge in [-0.25, -0.2) is 12.8 Å². The third kappa shape index (κ3) is 4.69. The van der Waals surface area contributed by atoms with Crippen LogP contribution >= 0.6 is 27.5 Å². The van der Waals surface area contributed by atoms with Gasteiger partial charge in [0.2, 0.25) is 15.9 Å². The van der Waals surface area contributed by atoms with Gasteiger partial charge in [0.15, 0.2) is 0 Å². The molecule has 27 heavy (non-hydrogen) atoms. The maximum absolute atomic E-state index is 13.7. The number of carbonyl (C=O) groups is 1. The molecule has 0 spiro atoms. The van der Waals surface area contributed by atoms with Crippen LogP contribution in [0.15, 0.2) is 46.9 Å². The minimum absolute atomic E-state index is 0.0955. The second-order valence-corrected chi connectivity index (χ2v) is 9.23. The summed E-state index contributed by atoms with van der Waals surface area (Å²) in [5.41, 5.74) is 0.970. The molecule has 1 heterocycles. The Morgan fingerprint density at radius 2 is 2.04 bits per heavy atom. The summed E-state index contributed by atoms with van der Waals surface area (Å²) in [5.74, 6) is -0.877. The second-order valence-electron chi connectivity index (χ2n) is 5.89. The van der Waals surface area contributed by atoms with Gasteiger partial charge in [-0.15, -0.1) is 0 Å². The Bertz CT molecular complexity index is 1030. The molecule has 0 radical (unpaired) electrons. The molecule has 0 atom stereocenters. The second kappa shape index (κ2) is 8.00. The number of halogens is 3. The molecule has 5 nitrogen and oxygen atoms in total. The molecule has 1 fully saturated rings. The molecule has 0 aliphatic carbocycles. The fraction of sp³-hybridized carbons (Fsp3) is 0.167. The fourth-order valence-electron chi connectivity index (χ4n) is 2.68. The summed E-state index contributed by atoms with van der Waals surface area (Å²) in [6, 6.07) is 9.02. The molecular weight excluding hydrogens is 459 g/mol. The highest BCUT2D eigenvalue weighted by molar-refractivity contribution is 9.10. The normalized spacial score (nSPS) is 16.0. The summed E-state index contributed by atoms with van der Waals surface area (Å²) < 4.78 is 39.8. The molecular formula is C18H15BrClFN2O3S. The number of benzene rings is 2. The van der Waals surface area contributed by atoms with E-state index in [9.17, 15) is 17.6 Å². The lowest BCUT2D eigenvalue weighted by molar-refractivity contribution is -0.111. The third-order valence-corrected chi connectivity index (χ3v) is 6.66. The summed E-state index contributed by atoms with van der Waals surface area (Å²) in [6.45, 7) is 0.388. The fourth-order valence-corrected chi connectivity index (χ4v) is 4.78. The van der Waals surface area contributed by atoms with Gasteiger partial charge < -0.3 is 5.32 Å². The van der Waals surface area contributed by atoms with E-state index in [0.29, 0.717) is 23.1 Å². The molecule has 0 unspecified atom stereocenters. The van der Waals surface area contributed by atoms with Crippen LogP contribution in [0.2, 0.25) is 5.02 Å². The molecule has 2 aromatic carbocycles. The Kier molecular flexibility index (Phi) is 5.88. The zero-order valence-electron chi connectivity index (χ0n) is 14.0. The number of sulfonamides is 1. The maximum Gasteiger partial charge on any atom is 0.248 e. The third-order valence-electron chi connectivity index (χ3n) is 3.97. The molecule has 9 heteroatoms. The van der Waals surface area contributed by atoms with Crippen LogP contribution in [0.25, 0.3) is 6.08 Å². The zero-order chi connectivity index (χ0) is 19.6. The van der Waals surface area contributed by atoms with Gasteiger partial charge in [0.05, 0.1) is 22.2 Å². The van der Waals surface area contributed by atoms with Crippen molar-refractivity contribution >= 4 is 60.9 Å². The highest BCUT2D eigenvalue weighted by Crippen LogP contribution is 2.31. The molecule has 1 amide bonds. The molecule has 1 aliphatic heterocycles. The van der Waals surface area contributed by atoms with Gasteiger partial charge in [-0.3, -0.25) is 9.10 Å². The Hall–Kier alpha value is -1.90. The van der Waals surface area contributed by atoms with Gasteiger partial charge in [0, 0.05) is 22.7 Å². The van der Waals surface area contributed by atoms with Crippen LogP contribution in [0, 0.1) is 5.82 Å². The van der Waals surface area contributed by atoms with Gasteiger partial charge >= 0.3 is 0 Å². The summed E-state index contributed by atoms with van der Waals surface area (Å²) in [6.07, 6.45) is 3.08. The van der Waals surface area contributed by atoms with E-state index in [1.165, 1.54) is 34.7 Å². The van der Waals surface area contributed by atoms with Gasteiger partial charge in [0.1, 0.15) is 5.82 Å². The zero-order valence-corrected chi connectivity index (χ0v) is 17.1. The molecule has 0 saturated carbocycles. The van der Waals surface area contributed by atoms with Crippen LogP contribution in [0.5, 0.6) is 0 Å². The van der Waals surface area contributed by atoms with Crippen molar-refractivity contribution in [1.82, 2.24) is 0 Å². The molecule has 1 aliphatic rings. The summed E-state index contributed by atoms with van der Waals surface area (Å²) in [5, 5.41) is 2.86. The highest BCUT2D eigenvalue weighted by Gasteiger charge is 2.28. The van der Waals surface area contributed by atoms with Crippen molar-refractivity contribution in [3.63, 3.8) is 0 Å². The Morgan fingerprint density at radius 3 is 2.74 bits per heavy atom. The lowest BCUT2D eigenvalue weighted by Gasteiger charge is -2.18. The van der Waals surface area contributed by atoms with Crippen molar-refractivity contribution < 1.29 is 17.6 Å². The average Bonchev–Trinajstić information content (AvgIpc) is 2.97. The summed E-state index contributed by atoms with van der Waals surface area (Å²) >= 11 is 9.35. The van der Waals surface area contributed by atoms with Crippen molar-refractivity contribution in [3.8, 4) is 0 Å². The first-order chi connectivity index (χ1) is 12.8. The minimum atomic E-state index is -3.34. The molecule has 1 N–H and O–H groups in total. The van der Waals surface area contributed by atoms with Crippen LogP contribution in [0.3, 0.4) is 0 Å². The Morgan fingerprint density at radius 1 is 1.26 bits per heavy atom. The molecule has 3 rings (SSSR count). The highest BCUT2D eigenvalue weighted by atomic mass is 79.9. The predicted molar refractivity (Wildman–Crippen MR) is 109 cm³/mol. The van der Waals surface area contributed by atoms with E-state index in [2.05, 4.69) is 21.2 Å². The van der Waals surface area contributed by atoms with E-state index in [1.807, 2.05) is 0 Å². The minimum Gasteiger partial charge on any atom is -0.321 e. The van der Waals surface area contributed by atoms with Crippen LogP contribution in [0.1, 0.15) is 12.0 Å². The van der Waals surface area contributed by atoms with Crippen LogP contribution in [-0.4, -0.2) is 26.6 Å². The quantitative estimate of drug-likeness (QED) is 0.668. The number of rotatable bonds is 4. The lowest BCUT2D eigenvalue weighted by Crippen LogP contribution is -2.25. The maximum atomic E-state index is 13.7. The standard InChI is InChI=1S/C18H15BrClFN2O3S/c19-13-3-6-16(21)12(10-13)2-7-18(24)22-17-11-14(4-5-15(17)20)23-8-1-9-27(23,25)26/h2-7,10-11H,1,8-9H2,(H,22,24). The van der Waals surface area contributed by atoms with Crippen molar-refractivity contribution in [3.05, 3.63) is 63.4 Å². The van der Waals surface area contributed by atoms with Gasteiger partial charge in [0.25, 0.3) is 0 Å². The lowest BCUT2D eigenvalue weighted by atomic mass is 10.2. The number of carbonyl (C=O) groups excluding carboxylic acids is 1. The monoisotopic (exact) mass is 472 g/mol. The number of anilines is 2. The summed E-state index contributed by atoms with van der Waals surface area (Å²) in [4.78, 5) is 12.2. The van der Waals surface area contributed by atoms with Crippen LogP contribution < -0.4 is 9.62 Å². The Balaban J connectivity index is 1.79. The van der Waals surface area contributed by atoms with Crippen molar-refractivity contribution in [1.29, 1.82) is 0 Å². The largest absolute Gasteiger partial charge is 0.321 e. The van der Waals surface area contributed by atoms with E-state index >= 15 is 0 Å². The van der Waals surface area contributed by atoms with Gasteiger partial charge in [-0.1, -0.05) is 27.5 Å². The van der Waals surface area contributed by atoms with Crippen molar-refractivity contribution in [2.24, 2.45) is 0 Å². The number of hydrogen-bond acceptors (Lipinski definition) is 3. The topological polar surface area (TPSA) is 66.5 Å². The number of nitrogens with zero attached hydrogens (tertiary/aromatic N) is 1.